The minimum Gasteiger partial charge on any atom is -0.380 e. The van der Waals surface area contributed by atoms with Crippen LogP contribution in [0.15, 0.2) is 30.9 Å². The van der Waals surface area contributed by atoms with Crippen molar-refractivity contribution in [1.82, 2.24) is 20.3 Å². The lowest BCUT2D eigenvalue weighted by Crippen LogP contribution is -2.40. The molecule has 1 aliphatic heterocycles. The molecule has 1 amide bonds. The number of aromatic nitrogens is 3. The highest BCUT2D eigenvalue weighted by Crippen LogP contribution is 2.24. The molecule has 0 spiro atoms. The highest BCUT2D eigenvalue weighted by Gasteiger charge is 2.33. The van der Waals surface area contributed by atoms with E-state index in [0.29, 0.717) is 12.1 Å². The number of rotatable bonds is 5. The van der Waals surface area contributed by atoms with Crippen LogP contribution in [0.3, 0.4) is 0 Å². The Bertz CT molecular complexity index is 658. The van der Waals surface area contributed by atoms with Crippen LogP contribution in [0.4, 0.5) is 5.82 Å². The predicted octanol–water partition coefficient (Wildman–Crippen LogP) is 1.14. The van der Waals surface area contributed by atoms with Gasteiger partial charge in [-0.2, -0.15) is 0 Å². The maximum atomic E-state index is 12.3. The quantitative estimate of drug-likeness (QED) is 0.864. The Morgan fingerprint density at radius 2 is 2.39 bits per heavy atom. The summed E-state index contributed by atoms with van der Waals surface area (Å²) in [7, 11) is 1.72. The van der Waals surface area contributed by atoms with Gasteiger partial charge in [0.25, 0.3) is 5.91 Å². The standard InChI is InChI=1S/C16H21N5O2/c1-11-14(3-6-18-11)16(22)19-8-12-7-13(23-2)9-21(12)15-4-5-17-10-20-15/h3-6,10,12-13,18H,7-9H2,1-2H3,(H,19,22)/t12-,13-/m1/s1. The summed E-state index contributed by atoms with van der Waals surface area (Å²) < 4.78 is 5.49. The molecule has 2 aromatic heterocycles. The van der Waals surface area contributed by atoms with Crippen LogP contribution in [0, 0.1) is 6.92 Å². The molecule has 0 bridgehead atoms. The summed E-state index contributed by atoms with van der Waals surface area (Å²) in [4.78, 5) is 25.7. The molecule has 0 saturated carbocycles. The van der Waals surface area contributed by atoms with Crippen LogP contribution >= 0.6 is 0 Å². The first-order chi connectivity index (χ1) is 11.2. The van der Waals surface area contributed by atoms with Crippen molar-refractivity contribution in [2.45, 2.75) is 25.5 Å². The van der Waals surface area contributed by atoms with Gasteiger partial charge in [0.1, 0.15) is 12.1 Å². The molecule has 1 fully saturated rings. The fourth-order valence-electron chi connectivity index (χ4n) is 2.98. The van der Waals surface area contributed by atoms with E-state index in [9.17, 15) is 4.79 Å². The van der Waals surface area contributed by atoms with Crippen molar-refractivity contribution in [2.75, 3.05) is 25.1 Å². The van der Waals surface area contributed by atoms with Crippen molar-refractivity contribution in [3.05, 3.63) is 42.1 Å². The van der Waals surface area contributed by atoms with Crippen molar-refractivity contribution in [1.29, 1.82) is 0 Å². The minimum absolute atomic E-state index is 0.0627. The van der Waals surface area contributed by atoms with Gasteiger partial charge in [-0.25, -0.2) is 9.97 Å². The van der Waals surface area contributed by atoms with E-state index in [0.717, 1.165) is 24.5 Å². The second-order valence-corrected chi connectivity index (χ2v) is 5.69. The normalized spacial score (nSPS) is 20.7. The van der Waals surface area contributed by atoms with E-state index in [1.807, 2.05) is 13.0 Å². The van der Waals surface area contributed by atoms with Crippen LogP contribution in [-0.4, -0.2) is 53.2 Å². The molecule has 2 aromatic rings. The van der Waals surface area contributed by atoms with E-state index < -0.39 is 0 Å². The number of anilines is 1. The average Bonchev–Trinajstić information content (AvgIpc) is 3.19. The van der Waals surface area contributed by atoms with Gasteiger partial charge in [0.2, 0.25) is 0 Å². The molecular formula is C16H21N5O2. The Hall–Kier alpha value is -2.41. The highest BCUT2D eigenvalue weighted by atomic mass is 16.5. The summed E-state index contributed by atoms with van der Waals surface area (Å²) in [5.41, 5.74) is 1.55. The molecule has 7 nitrogen and oxygen atoms in total. The number of aryl methyl sites for hydroxylation is 1. The summed E-state index contributed by atoms with van der Waals surface area (Å²) in [5.74, 6) is 0.795. The zero-order valence-electron chi connectivity index (χ0n) is 13.3. The number of H-pyrrole nitrogens is 1. The van der Waals surface area contributed by atoms with E-state index in [-0.39, 0.29) is 18.1 Å². The van der Waals surface area contributed by atoms with Crippen molar-refractivity contribution >= 4 is 11.7 Å². The smallest absolute Gasteiger partial charge is 0.253 e. The van der Waals surface area contributed by atoms with Crippen LogP contribution in [0.1, 0.15) is 22.5 Å². The molecule has 1 aliphatic rings. The number of amides is 1. The number of carbonyl (C=O) groups excluding carboxylic acids is 1. The molecule has 3 rings (SSSR count). The van der Waals surface area contributed by atoms with E-state index in [2.05, 4.69) is 25.2 Å². The van der Waals surface area contributed by atoms with Crippen LogP contribution < -0.4 is 10.2 Å². The number of ether oxygens (including phenoxy) is 1. The van der Waals surface area contributed by atoms with Crippen molar-refractivity contribution in [3.8, 4) is 0 Å². The molecule has 2 N–H and O–H groups in total. The lowest BCUT2D eigenvalue weighted by molar-refractivity contribution is 0.0946. The van der Waals surface area contributed by atoms with Crippen molar-refractivity contribution in [3.63, 3.8) is 0 Å². The molecule has 122 valence electrons. The Morgan fingerprint density at radius 3 is 3.04 bits per heavy atom. The Kier molecular flexibility index (Phi) is 4.57. The summed E-state index contributed by atoms with van der Waals surface area (Å²) >= 11 is 0. The van der Waals surface area contributed by atoms with Crippen LogP contribution in [0.2, 0.25) is 0 Å². The third-order valence-corrected chi connectivity index (χ3v) is 4.27. The number of nitrogens with zero attached hydrogens (tertiary/aromatic N) is 3. The summed E-state index contributed by atoms with van der Waals surface area (Å²) in [6, 6.07) is 3.82. The van der Waals surface area contributed by atoms with Crippen LogP contribution in [0.25, 0.3) is 0 Å². The molecule has 3 heterocycles. The number of carbonyl (C=O) groups is 1. The summed E-state index contributed by atoms with van der Waals surface area (Å²) in [6.07, 6.45) is 6.03. The molecule has 0 aliphatic carbocycles. The molecule has 0 radical (unpaired) electrons. The van der Waals surface area contributed by atoms with Crippen LogP contribution in [0.5, 0.6) is 0 Å². The fourth-order valence-corrected chi connectivity index (χ4v) is 2.98. The first-order valence-electron chi connectivity index (χ1n) is 7.66. The lowest BCUT2D eigenvalue weighted by Gasteiger charge is -2.25. The second kappa shape index (κ2) is 6.78. The van der Waals surface area contributed by atoms with Crippen molar-refractivity contribution < 1.29 is 9.53 Å². The first kappa shape index (κ1) is 15.5. The lowest BCUT2D eigenvalue weighted by atomic mass is 10.2. The average molecular weight is 315 g/mol. The minimum atomic E-state index is -0.0627. The summed E-state index contributed by atoms with van der Waals surface area (Å²) in [5, 5.41) is 3.01. The van der Waals surface area contributed by atoms with Gasteiger partial charge in [-0.3, -0.25) is 4.79 Å². The highest BCUT2D eigenvalue weighted by molar-refractivity contribution is 5.95. The van der Waals surface area contributed by atoms with Gasteiger partial charge in [0.05, 0.1) is 17.7 Å². The monoisotopic (exact) mass is 315 g/mol. The molecule has 23 heavy (non-hydrogen) atoms. The van der Waals surface area contributed by atoms with Gasteiger partial charge in [0, 0.05) is 38.3 Å². The molecule has 0 unspecified atom stereocenters. The Morgan fingerprint density at radius 1 is 1.52 bits per heavy atom. The third kappa shape index (κ3) is 3.34. The van der Waals surface area contributed by atoms with E-state index in [1.165, 1.54) is 6.33 Å². The number of aromatic amines is 1. The van der Waals surface area contributed by atoms with E-state index >= 15 is 0 Å². The molecule has 0 aromatic carbocycles. The zero-order valence-corrected chi connectivity index (χ0v) is 13.3. The zero-order chi connectivity index (χ0) is 16.2. The Balaban J connectivity index is 1.67. The largest absolute Gasteiger partial charge is 0.380 e. The van der Waals surface area contributed by atoms with E-state index in [4.69, 9.17) is 4.74 Å². The third-order valence-electron chi connectivity index (χ3n) is 4.27. The number of hydrogen-bond donors (Lipinski definition) is 2. The fraction of sp³-hybridized carbons (Fsp3) is 0.438. The van der Waals surface area contributed by atoms with E-state index in [1.54, 1.807) is 25.6 Å². The van der Waals surface area contributed by atoms with Crippen molar-refractivity contribution in [2.24, 2.45) is 0 Å². The number of hydrogen-bond acceptors (Lipinski definition) is 5. The van der Waals surface area contributed by atoms with Gasteiger partial charge in [-0.05, 0) is 25.5 Å². The van der Waals surface area contributed by atoms with Gasteiger partial charge in [-0.1, -0.05) is 0 Å². The Labute approximate surface area is 135 Å². The molecule has 1 saturated heterocycles. The van der Waals surface area contributed by atoms with Gasteiger partial charge in [-0.15, -0.1) is 0 Å². The second-order valence-electron chi connectivity index (χ2n) is 5.69. The number of nitrogens with one attached hydrogen (secondary N) is 2. The van der Waals surface area contributed by atoms with Gasteiger partial charge < -0.3 is 19.9 Å². The first-order valence-corrected chi connectivity index (χ1v) is 7.66. The summed E-state index contributed by atoms with van der Waals surface area (Å²) in [6.45, 7) is 3.20. The maximum absolute atomic E-state index is 12.3. The molecule has 2 atom stereocenters. The van der Waals surface area contributed by atoms with Crippen LogP contribution in [-0.2, 0) is 4.74 Å². The van der Waals surface area contributed by atoms with Gasteiger partial charge >= 0.3 is 0 Å². The number of methoxy groups -OCH3 is 1. The molecular weight excluding hydrogens is 294 g/mol. The molecule has 7 heteroatoms. The maximum Gasteiger partial charge on any atom is 0.253 e. The topological polar surface area (TPSA) is 83.1 Å². The van der Waals surface area contributed by atoms with Gasteiger partial charge in [0.15, 0.2) is 0 Å². The predicted molar refractivity (Wildman–Crippen MR) is 86.4 cm³/mol. The SMILES string of the molecule is CO[C@@H]1C[C@H](CNC(=O)c2cc[nH]c2C)N(c2ccncn2)C1.